The van der Waals surface area contributed by atoms with E-state index in [0.717, 1.165) is 18.7 Å². The number of carbonyl (C=O) groups excluding carboxylic acids is 1. The van der Waals surface area contributed by atoms with E-state index in [4.69, 9.17) is 10.5 Å². The van der Waals surface area contributed by atoms with Gasteiger partial charge < -0.3 is 15.4 Å². The highest BCUT2D eigenvalue weighted by Crippen LogP contribution is 2.21. The molecule has 5 nitrogen and oxygen atoms in total. The summed E-state index contributed by atoms with van der Waals surface area (Å²) in [4.78, 5) is 15.4. The van der Waals surface area contributed by atoms with Gasteiger partial charge in [0, 0.05) is 38.3 Å². The summed E-state index contributed by atoms with van der Waals surface area (Å²) < 4.78 is 18.6. The lowest BCUT2D eigenvalue weighted by Crippen LogP contribution is -2.49. The molecular weight excluding hydrogens is 261 g/mol. The summed E-state index contributed by atoms with van der Waals surface area (Å²) in [5.41, 5.74) is 6.18. The molecule has 1 aliphatic heterocycles. The normalized spacial score (nSPS) is 16.2. The molecule has 1 aliphatic rings. The third-order valence-corrected chi connectivity index (χ3v) is 3.54. The van der Waals surface area contributed by atoms with Crippen molar-refractivity contribution in [3.8, 4) is 5.75 Å². The van der Waals surface area contributed by atoms with Crippen molar-refractivity contribution >= 4 is 5.91 Å². The summed E-state index contributed by atoms with van der Waals surface area (Å²) in [7, 11) is 1.58. The first kappa shape index (κ1) is 14.7. The lowest BCUT2D eigenvalue weighted by molar-refractivity contribution is -0.131. The summed E-state index contributed by atoms with van der Waals surface area (Å²) in [5, 5.41) is 0. The lowest BCUT2D eigenvalue weighted by Gasteiger charge is -2.34. The number of piperazine rings is 1. The average Bonchev–Trinajstić information content (AvgIpc) is 2.47. The van der Waals surface area contributed by atoms with Gasteiger partial charge in [-0.15, -0.1) is 0 Å². The van der Waals surface area contributed by atoms with Crippen LogP contribution >= 0.6 is 0 Å². The van der Waals surface area contributed by atoms with Gasteiger partial charge in [0.25, 0.3) is 0 Å². The smallest absolute Gasteiger partial charge is 0.236 e. The van der Waals surface area contributed by atoms with Crippen LogP contribution in [-0.2, 0) is 11.3 Å². The van der Waals surface area contributed by atoms with Gasteiger partial charge in [-0.2, -0.15) is 0 Å². The lowest BCUT2D eigenvalue weighted by atomic mass is 10.1. The largest absolute Gasteiger partial charge is 0.496 e. The maximum atomic E-state index is 13.3. The predicted molar refractivity (Wildman–Crippen MR) is 73.9 cm³/mol. The van der Waals surface area contributed by atoms with Crippen LogP contribution in [0.1, 0.15) is 5.56 Å². The zero-order chi connectivity index (χ0) is 14.5. The van der Waals surface area contributed by atoms with Crippen LogP contribution in [-0.4, -0.2) is 55.5 Å². The maximum absolute atomic E-state index is 13.3. The van der Waals surface area contributed by atoms with Crippen LogP contribution in [0.2, 0.25) is 0 Å². The molecule has 2 N–H and O–H groups in total. The average molecular weight is 281 g/mol. The molecule has 2 rings (SSSR count). The van der Waals surface area contributed by atoms with Crippen molar-refractivity contribution < 1.29 is 13.9 Å². The van der Waals surface area contributed by atoms with E-state index >= 15 is 0 Å². The Morgan fingerprint density at radius 1 is 1.35 bits per heavy atom. The van der Waals surface area contributed by atoms with Gasteiger partial charge in [0.1, 0.15) is 11.6 Å². The molecule has 1 saturated heterocycles. The van der Waals surface area contributed by atoms with Crippen LogP contribution in [0.3, 0.4) is 0 Å². The molecule has 0 aliphatic carbocycles. The minimum absolute atomic E-state index is 0.0204. The molecule has 0 saturated carbocycles. The number of rotatable bonds is 4. The molecule has 0 unspecified atom stereocenters. The Morgan fingerprint density at radius 3 is 2.65 bits per heavy atom. The first-order valence-corrected chi connectivity index (χ1v) is 6.66. The summed E-state index contributed by atoms with van der Waals surface area (Å²) in [6.45, 7) is 3.50. The fourth-order valence-electron chi connectivity index (χ4n) is 2.40. The summed E-state index contributed by atoms with van der Waals surface area (Å²) in [6.07, 6.45) is 0. The summed E-state index contributed by atoms with van der Waals surface area (Å²) in [5.74, 6) is 0.401. The molecule has 110 valence electrons. The van der Waals surface area contributed by atoms with E-state index < -0.39 is 0 Å². The second-order valence-electron chi connectivity index (χ2n) is 4.82. The Hall–Kier alpha value is -1.66. The topological polar surface area (TPSA) is 58.8 Å². The molecule has 0 spiro atoms. The number of ether oxygens (including phenoxy) is 1. The molecule has 6 heteroatoms. The van der Waals surface area contributed by atoms with E-state index in [9.17, 15) is 9.18 Å². The standard InChI is InChI=1S/C14H20FN3O2/c1-20-13-3-2-12(15)8-11(13)10-17-4-6-18(7-5-17)14(19)9-16/h2-3,8H,4-7,9-10,16H2,1H3. The number of amides is 1. The quantitative estimate of drug-likeness (QED) is 0.870. The van der Waals surface area contributed by atoms with Crippen LogP contribution in [0.15, 0.2) is 18.2 Å². The van der Waals surface area contributed by atoms with Crippen molar-refractivity contribution in [1.82, 2.24) is 9.80 Å². The number of halogens is 1. The zero-order valence-electron chi connectivity index (χ0n) is 11.6. The van der Waals surface area contributed by atoms with E-state index in [1.807, 2.05) is 0 Å². The van der Waals surface area contributed by atoms with Gasteiger partial charge in [0.05, 0.1) is 13.7 Å². The van der Waals surface area contributed by atoms with E-state index in [-0.39, 0.29) is 18.3 Å². The first-order chi connectivity index (χ1) is 9.63. The minimum atomic E-state index is -0.266. The second kappa shape index (κ2) is 6.67. The molecule has 1 aromatic rings. The Balaban J connectivity index is 1.96. The van der Waals surface area contributed by atoms with Crippen LogP contribution in [0.25, 0.3) is 0 Å². The zero-order valence-corrected chi connectivity index (χ0v) is 11.6. The van der Waals surface area contributed by atoms with Gasteiger partial charge in [-0.25, -0.2) is 4.39 Å². The summed E-state index contributed by atoms with van der Waals surface area (Å²) >= 11 is 0. The monoisotopic (exact) mass is 281 g/mol. The Bertz CT molecular complexity index is 473. The van der Waals surface area contributed by atoms with Crippen LogP contribution in [0.4, 0.5) is 4.39 Å². The van der Waals surface area contributed by atoms with Crippen molar-refractivity contribution in [2.75, 3.05) is 39.8 Å². The van der Waals surface area contributed by atoms with Gasteiger partial charge in [-0.1, -0.05) is 0 Å². The molecule has 0 atom stereocenters. The Labute approximate surface area is 118 Å². The number of nitrogens with zero attached hydrogens (tertiary/aromatic N) is 2. The van der Waals surface area contributed by atoms with E-state index in [1.165, 1.54) is 12.1 Å². The molecule has 0 radical (unpaired) electrons. The molecular formula is C14H20FN3O2. The molecule has 20 heavy (non-hydrogen) atoms. The molecule has 1 heterocycles. The highest BCUT2D eigenvalue weighted by molar-refractivity contribution is 5.78. The predicted octanol–water partition coefficient (Wildman–Crippen LogP) is 0.437. The van der Waals surface area contributed by atoms with Gasteiger partial charge in [-0.05, 0) is 18.2 Å². The van der Waals surface area contributed by atoms with Crippen LogP contribution < -0.4 is 10.5 Å². The Morgan fingerprint density at radius 2 is 2.05 bits per heavy atom. The number of carbonyl (C=O) groups is 1. The molecule has 1 fully saturated rings. The van der Waals surface area contributed by atoms with Crippen LogP contribution in [0, 0.1) is 5.82 Å². The SMILES string of the molecule is COc1ccc(F)cc1CN1CCN(C(=O)CN)CC1. The van der Waals surface area contributed by atoms with E-state index in [0.29, 0.717) is 25.4 Å². The second-order valence-corrected chi connectivity index (χ2v) is 4.82. The third kappa shape index (κ3) is 3.46. The van der Waals surface area contributed by atoms with E-state index in [1.54, 1.807) is 18.1 Å². The van der Waals surface area contributed by atoms with Crippen LogP contribution in [0.5, 0.6) is 5.75 Å². The molecule has 0 aromatic heterocycles. The molecule has 1 amide bonds. The highest BCUT2D eigenvalue weighted by Gasteiger charge is 2.20. The first-order valence-electron chi connectivity index (χ1n) is 6.66. The number of hydrogen-bond acceptors (Lipinski definition) is 4. The summed E-state index contributed by atoms with van der Waals surface area (Å²) in [6, 6.07) is 4.52. The van der Waals surface area contributed by atoms with Crippen molar-refractivity contribution in [3.05, 3.63) is 29.6 Å². The number of benzene rings is 1. The molecule has 0 bridgehead atoms. The molecule has 1 aromatic carbocycles. The van der Waals surface area contributed by atoms with Crippen molar-refractivity contribution in [2.45, 2.75) is 6.54 Å². The van der Waals surface area contributed by atoms with Crippen molar-refractivity contribution in [3.63, 3.8) is 0 Å². The number of nitrogens with two attached hydrogens (primary N) is 1. The van der Waals surface area contributed by atoms with Gasteiger partial charge in [0.15, 0.2) is 0 Å². The van der Waals surface area contributed by atoms with Crippen molar-refractivity contribution in [1.29, 1.82) is 0 Å². The number of methoxy groups -OCH3 is 1. The van der Waals surface area contributed by atoms with Gasteiger partial charge in [-0.3, -0.25) is 9.69 Å². The van der Waals surface area contributed by atoms with E-state index in [2.05, 4.69) is 4.90 Å². The third-order valence-electron chi connectivity index (χ3n) is 3.54. The highest BCUT2D eigenvalue weighted by atomic mass is 19.1. The van der Waals surface area contributed by atoms with Gasteiger partial charge >= 0.3 is 0 Å². The maximum Gasteiger partial charge on any atom is 0.236 e. The fraction of sp³-hybridized carbons (Fsp3) is 0.500. The Kier molecular flexibility index (Phi) is 4.92. The fourth-order valence-corrected chi connectivity index (χ4v) is 2.40. The van der Waals surface area contributed by atoms with Crippen molar-refractivity contribution in [2.24, 2.45) is 5.73 Å². The minimum Gasteiger partial charge on any atom is -0.496 e. The number of hydrogen-bond donors (Lipinski definition) is 1. The van der Waals surface area contributed by atoms with Gasteiger partial charge in [0.2, 0.25) is 5.91 Å².